The predicted molar refractivity (Wildman–Crippen MR) is 60.2 cm³/mol. The van der Waals surface area contributed by atoms with Gasteiger partial charge in [0.2, 0.25) is 5.88 Å². The van der Waals surface area contributed by atoms with Crippen molar-refractivity contribution >= 4 is 5.97 Å². The number of ether oxygens (including phenoxy) is 1. The molecule has 17 heavy (non-hydrogen) atoms. The molecule has 0 saturated heterocycles. The van der Waals surface area contributed by atoms with Crippen molar-refractivity contribution in [3.63, 3.8) is 0 Å². The topological polar surface area (TPSA) is 72.3 Å². The fraction of sp³-hybridized carbons (Fsp3) is 0.0833. The van der Waals surface area contributed by atoms with E-state index in [1.807, 2.05) is 13.0 Å². The molecule has 0 aromatic carbocycles. The van der Waals surface area contributed by atoms with E-state index in [1.54, 1.807) is 12.3 Å². The molecule has 0 saturated carbocycles. The first kappa shape index (κ1) is 11.1. The molecular formula is C12H10N2O3. The molecule has 0 aliphatic heterocycles. The molecule has 0 spiro atoms. The summed E-state index contributed by atoms with van der Waals surface area (Å²) in [6.07, 6.45) is 4.40. The first-order valence-corrected chi connectivity index (χ1v) is 4.94. The van der Waals surface area contributed by atoms with Gasteiger partial charge in [0.05, 0.1) is 6.20 Å². The summed E-state index contributed by atoms with van der Waals surface area (Å²) in [6.45, 7) is 1.91. The lowest BCUT2D eigenvalue weighted by Crippen LogP contribution is -2.00. The maximum Gasteiger partial charge on any atom is 0.339 e. The molecule has 0 atom stereocenters. The van der Waals surface area contributed by atoms with Gasteiger partial charge in [0, 0.05) is 18.5 Å². The third-order valence-electron chi connectivity index (χ3n) is 2.11. The minimum absolute atomic E-state index is 0.0578. The Balaban J connectivity index is 2.30. The van der Waals surface area contributed by atoms with Gasteiger partial charge in [-0.05, 0) is 18.6 Å². The number of aromatic carboxylic acids is 1. The quantitative estimate of drug-likeness (QED) is 0.875. The van der Waals surface area contributed by atoms with E-state index in [4.69, 9.17) is 9.84 Å². The van der Waals surface area contributed by atoms with Gasteiger partial charge in [-0.1, -0.05) is 6.07 Å². The second-order valence-electron chi connectivity index (χ2n) is 3.45. The van der Waals surface area contributed by atoms with E-state index in [0.29, 0.717) is 5.88 Å². The second kappa shape index (κ2) is 4.61. The SMILES string of the molecule is Cc1ccc(Oc2cnccc2C(=O)O)nc1. The van der Waals surface area contributed by atoms with E-state index in [0.717, 1.165) is 5.56 Å². The van der Waals surface area contributed by atoms with Crippen LogP contribution in [0.25, 0.3) is 0 Å². The number of hydrogen-bond donors (Lipinski definition) is 1. The molecule has 2 heterocycles. The number of pyridine rings is 2. The maximum absolute atomic E-state index is 10.9. The standard InChI is InChI=1S/C12H10N2O3/c1-8-2-3-11(14-6-8)17-10-7-13-5-4-9(10)12(15)16/h2-7H,1H3,(H,15,16). The molecule has 0 radical (unpaired) electrons. The number of rotatable bonds is 3. The monoisotopic (exact) mass is 230 g/mol. The number of hydrogen-bond acceptors (Lipinski definition) is 4. The van der Waals surface area contributed by atoms with Crippen LogP contribution in [0.1, 0.15) is 15.9 Å². The zero-order valence-corrected chi connectivity index (χ0v) is 9.12. The highest BCUT2D eigenvalue weighted by Crippen LogP contribution is 2.22. The van der Waals surface area contributed by atoms with Crippen LogP contribution in [0.4, 0.5) is 0 Å². The van der Waals surface area contributed by atoms with Crippen molar-refractivity contribution in [3.05, 3.63) is 47.9 Å². The van der Waals surface area contributed by atoms with E-state index in [9.17, 15) is 4.79 Å². The van der Waals surface area contributed by atoms with Gasteiger partial charge < -0.3 is 9.84 Å². The Morgan fingerprint density at radius 1 is 1.29 bits per heavy atom. The van der Waals surface area contributed by atoms with Crippen LogP contribution in [0.5, 0.6) is 11.6 Å². The van der Waals surface area contributed by atoms with Gasteiger partial charge in [-0.3, -0.25) is 4.98 Å². The van der Waals surface area contributed by atoms with Gasteiger partial charge in [0.1, 0.15) is 5.56 Å². The Morgan fingerprint density at radius 2 is 2.12 bits per heavy atom. The minimum atomic E-state index is -1.06. The van der Waals surface area contributed by atoms with Crippen LogP contribution < -0.4 is 4.74 Å². The van der Waals surface area contributed by atoms with Crippen molar-refractivity contribution in [1.29, 1.82) is 0 Å². The van der Waals surface area contributed by atoms with Gasteiger partial charge in [-0.25, -0.2) is 9.78 Å². The summed E-state index contributed by atoms with van der Waals surface area (Å²) >= 11 is 0. The van der Waals surface area contributed by atoms with Crippen LogP contribution in [-0.4, -0.2) is 21.0 Å². The lowest BCUT2D eigenvalue weighted by atomic mass is 10.2. The highest BCUT2D eigenvalue weighted by atomic mass is 16.5. The second-order valence-corrected chi connectivity index (χ2v) is 3.45. The number of carboxylic acid groups (broad SMARTS) is 1. The maximum atomic E-state index is 10.9. The average molecular weight is 230 g/mol. The molecular weight excluding hydrogens is 220 g/mol. The lowest BCUT2D eigenvalue weighted by molar-refractivity contribution is 0.0694. The Hall–Kier alpha value is -2.43. The molecule has 1 N–H and O–H groups in total. The fourth-order valence-electron chi connectivity index (χ4n) is 1.27. The van der Waals surface area contributed by atoms with Gasteiger partial charge >= 0.3 is 5.97 Å². The summed E-state index contributed by atoms with van der Waals surface area (Å²) in [4.78, 5) is 18.8. The molecule has 0 fully saturated rings. The Bertz CT molecular complexity index is 538. The zero-order valence-electron chi connectivity index (χ0n) is 9.12. The van der Waals surface area contributed by atoms with Crippen LogP contribution in [-0.2, 0) is 0 Å². The van der Waals surface area contributed by atoms with E-state index in [-0.39, 0.29) is 11.3 Å². The van der Waals surface area contributed by atoms with Crippen molar-refractivity contribution in [1.82, 2.24) is 9.97 Å². The molecule has 5 heteroatoms. The smallest absolute Gasteiger partial charge is 0.339 e. The van der Waals surface area contributed by atoms with Gasteiger partial charge in [-0.2, -0.15) is 0 Å². The van der Waals surface area contributed by atoms with E-state index < -0.39 is 5.97 Å². The summed E-state index contributed by atoms with van der Waals surface area (Å²) in [6, 6.07) is 4.89. The molecule has 5 nitrogen and oxygen atoms in total. The van der Waals surface area contributed by atoms with Crippen molar-refractivity contribution in [3.8, 4) is 11.6 Å². The van der Waals surface area contributed by atoms with Gasteiger partial charge in [-0.15, -0.1) is 0 Å². The van der Waals surface area contributed by atoms with Gasteiger partial charge in [0.15, 0.2) is 5.75 Å². The summed E-state index contributed by atoms with van der Waals surface area (Å²) in [5, 5.41) is 8.96. The number of nitrogens with zero attached hydrogens (tertiary/aromatic N) is 2. The molecule has 0 unspecified atom stereocenters. The molecule has 0 bridgehead atoms. The molecule has 2 aromatic heterocycles. The minimum Gasteiger partial charge on any atom is -0.478 e. The van der Waals surface area contributed by atoms with Crippen molar-refractivity contribution < 1.29 is 14.6 Å². The Kier molecular flexibility index (Phi) is 3.00. The highest BCUT2D eigenvalue weighted by Gasteiger charge is 2.11. The normalized spacial score (nSPS) is 9.94. The molecule has 0 aliphatic rings. The summed E-state index contributed by atoms with van der Waals surface area (Å²) in [5.74, 6) is -0.544. The molecule has 0 aliphatic carbocycles. The number of aromatic nitrogens is 2. The van der Waals surface area contributed by atoms with E-state index in [2.05, 4.69) is 9.97 Å². The number of carboxylic acids is 1. The molecule has 0 amide bonds. The predicted octanol–water partition coefficient (Wildman–Crippen LogP) is 2.28. The van der Waals surface area contributed by atoms with Crippen molar-refractivity contribution in [2.24, 2.45) is 0 Å². The van der Waals surface area contributed by atoms with Crippen LogP contribution in [0, 0.1) is 6.92 Å². The lowest BCUT2D eigenvalue weighted by Gasteiger charge is -2.06. The number of carbonyl (C=O) groups is 1. The van der Waals surface area contributed by atoms with Crippen LogP contribution in [0.3, 0.4) is 0 Å². The number of aryl methyl sites for hydroxylation is 1. The summed E-state index contributed by atoms with van der Waals surface area (Å²) in [5.41, 5.74) is 1.06. The summed E-state index contributed by atoms with van der Waals surface area (Å²) < 4.78 is 5.37. The molecule has 2 aromatic rings. The van der Waals surface area contributed by atoms with Crippen LogP contribution in [0.2, 0.25) is 0 Å². The highest BCUT2D eigenvalue weighted by molar-refractivity contribution is 5.90. The third kappa shape index (κ3) is 2.57. The molecule has 2 rings (SSSR count). The fourth-order valence-corrected chi connectivity index (χ4v) is 1.27. The average Bonchev–Trinajstić information content (AvgIpc) is 2.32. The molecule has 86 valence electrons. The van der Waals surface area contributed by atoms with E-state index >= 15 is 0 Å². The Labute approximate surface area is 97.7 Å². The third-order valence-corrected chi connectivity index (χ3v) is 2.11. The first-order chi connectivity index (χ1) is 8.16. The van der Waals surface area contributed by atoms with Crippen molar-refractivity contribution in [2.45, 2.75) is 6.92 Å². The zero-order chi connectivity index (χ0) is 12.3. The van der Waals surface area contributed by atoms with Crippen LogP contribution in [0.15, 0.2) is 36.8 Å². The van der Waals surface area contributed by atoms with Crippen molar-refractivity contribution in [2.75, 3.05) is 0 Å². The largest absolute Gasteiger partial charge is 0.478 e. The van der Waals surface area contributed by atoms with Crippen LogP contribution >= 0.6 is 0 Å². The summed E-state index contributed by atoms with van der Waals surface area (Å²) in [7, 11) is 0. The van der Waals surface area contributed by atoms with E-state index in [1.165, 1.54) is 18.5 Å². The van der Waals surface area contributed by atoms with Gasteiger partial charge in [0.25, 0.3) is 0 Å². The first-order valence-electron chi connectivity index (χ1n) is 4.94. The Morgan fingerprint density at radius 3 is 2.76 bits per heavy atom.